The highest BCUT2D eigenvalue weighted by atomic mass is 19.4. The smallest absolute Gasteiger partial charge is 0.361 e. The highest BCUT2D eigenvalue weighted by Gasteiger charge is 2.33. The number of nitrogens with zero attached hydrogens (tertiary/aromatic N) is 6. The molecular formula is C19H16F3N8O3+. The second-order valence-electron chi connectivity index (χ2n) is 6.84. The SMILES string of the molecule is Cc1noc(C)c1-c1ccc(C[n+]2cc(NC(=O)Nc3nccc(C(F)(F)F)n3)on2)nc1. The molecule has 0 saturated carbocycles. The molecule has 4 heterocycles. The number of anilines is 2. The summed E-state index contributed by atoms with van der Waals surface area (Å²) in [6, 6.07) is 3.46. The second kappa shape index (κ2) is 8.64. The lowest BCUT2D eigenvalue weighted by molar-refractivity contribution is -0.755. The number of aromatic nitrogens is 6. The van der Waals surface area contributed by atoms with Gasteiger partial charge >= 0.3 is 18.1 Å². The van der Waals surface area contributed by atoms with Gasteiger partial charge < -0.3 is 4.52 Å². The quantitative estimate of drug-likeness (QED) is 0.433. The second-order valence-corrected chi connectivity index (χ2v) is 6.84. The molecule has 0 spiro atoms. The predicted molar refractivity (Wildman–Crippen MR) is 105 cm³/mol. The Morgan fingerprint density at radius 1 is 1.12 bits per heavy atom. The highest BCUT2D eigenvalue weighted by molar-refractivity contribution is 5.97. The summed E-state index contributed by atoms with van der Waals surface area (Å²) in [6.45, 7) is 3.90. The molecule has 33 heavy (non-hydrogen) atoms. The summed E-state index contributed by atoms with van der Waals surface area (Å²) in [4.78, 5) is 23.2. The third-order valence-electron chi connectivity index (χ3n) is 4.39. The lowest BCUT2D eigenvalue weighted by Gasteiger charge is -2.07. The third-order valence-corrected chi connectivity index (χ3v) is 4.39. The first-order valence-corrected chi connectivity index (χ1v) is 9.42. The van der Waals surface area contributed by atoms with Crippen molar-refractivity contribution in [1.82, 2.24) is 25.4 Å². The largest absolute Gasteiger partial charge is 0.433 e. The minimum Gasteiger partial charge on any atom is -0.361 e. The van der Waals surface area contributed by atoms with Crippen molar-refractivity contribution >= 4 is 17.9 Å². The Hall–Kier alpha value is -4.36. The summed E-state index contributed by atoms with van der Waals surface area (Å²) >= 11 is 0. The van der Waals surface area contributed by atoms with Gasteiger partial charge in [0.05, 0.1) is 5.69 Å². The number of nitrogens with one attached hydrogen (secondary N) is 2. The van der Waals surface area contributed by atoms with Crippen LogP contribution in [-0.4, -0.2) is 31.4 Å². The third kappa shape index (κ3) is 5.11. The van der Waals surface area contributed by atoms with Gasteiger partial charge in [-0.3, -0.25) is 20.1 Å². The monoisotopic (exact) mass is 461 g/mol. The van der Waals surface area contributed by atoms with E-state index in [0.29, 0.717) is 17.5 Å². The van der Waals surface area contributed by atoms with Crippen LogP contribution in [-0.2, 0) is 12.7 Å². The molecule has 0 radical (unpaired) electrons. The van der Waals surface area contributed by atoms with E-state index in [1.54, 1.807) is 12.3 Å². The molecule has 4 aromatic heterocycles. The van der Waals surface area contributed by atoms with E-state index >= 15 is 0 Å². The lowest BCUT2D eigenvalue weighted by Crippen LogP contribution is -2.35. The Morgan fingerprint density at radius 2 is 1.94 bits per heavy atom. The van der Waals surface area contributed by atoms with Crippen molar-refractivity contribution in [3.05, 3.63) is 59.6 Å². The Balaban J connectivity index is 1.37. The molecule has 0 atom stereocenters. The number of rotatable bonds is 5. The zero-order valence-electron chi connectivity index (χ0n) is 17.2. The molecule has 14 heteroatoms. The number of amides is 2. The van der Waals surface area contributed by atoms with Gasteiger partial charge in [0.2, 0.25) is 17.8 Å². The Morgan fingerprint density at radius 3 is 2.61 bits per heavy atom. The molecule has 0 aliphatic rings. The Labute approximate surface area is 183 Å². The molecule has 0 unspecified atom stereocenters. The van der Waals surface area contributed by atoms with Gasteiger partial charge in [-0.1, -0.05) is 11.2 Å². The molecule has 2 amide bonds. The van der Waals surface area contributed by atoms with E-state index < -0.39 is 23.8 Å². The fourth-order valence-corrected chi connectivity index (χ4v) is 2.96. The molecule has 0 aliphatic carbocycles. The van der Waals surface area contributed by atoms with Crippen molar-refractivity contribution in [3.63, 3.8) is 0 Å². The first-order valence-electron chi connectivity index (χ1n) is 9.42. The molecule has 2 N–H and O–H groups in total. The topological polar surface area (TPSA) is 136 Å². The first kappa shape index (κ1) is 21.9. The van der Waals surface area contributed by atoms with Crippen LogP contribution >= 0.6 is 0 Å². The lowest BCUT2D eigenvalue weighted by atomic mass is 10.1. The van der Waals surface area contributed by atoms with Crippen LogP contribution in [0.2, 0.25) is 0 Å². The van der Waals surface area contributed by atoms with E-state index in [2.05, 4.69) is 36.0 Å². The number of hydrogen-bond donors (Lipinski definition) is 2. The van der Waals surface area contributed by atoms with E-state index in [1.165, 1.54) is 10.9 Å². The summed E-state index contributed by atoms with van der Waals surface area (Å²) in [7, 11) is 0. The summed E-state index contributed by atoms with van der Waals surface area (Å²) < 4.78 is 49.7. The average Bonchev–Trinajstić information content (AvgIpc) is 3.33. The molecule has 11 nitrogen and oxygen atoms in total. The average molecular weight is 461 g/mol. The number of carbonyl (C=O) groups excluding carboxylic acids is 1. The number of halogens is 3. The van der Waals surface area contributed by atoms with Crippen molar-refractivity contribution in [3.8, 4) is 11.1 Å². The van der Waals surface area contributed by atoms with E-state index in [-0.39, 0.29) is 12.4 Å². The van der Waals surface area contributed by atoms with Crippen molar-refractivity contribution < 1.29 is 31.7 Å². The number of pyridine rings is 1. The Kier molecular flexibility index (Phi) is 5.72. The van der Waals surface area contributed by atoms with E-state index in [9.17, 15) is 18.0 Å². The predicted octanol–water partition coefficient (Wildman–Crippen LogP) is 3.13. The van der Waals surface area contributed by atoms with Gasteiger partial charge in [-0.25, -0.2) is 14.8 Å². The normalized spacial score (nSPS) is 11.4. The molecule has 0 aromatic carbocycles. The molecule has 0 bridgehead atoms. The van der Waals surface area contributed by atoms with Gasteiger partial charge in [-0.15, -0.1) is 0 Å². The van der Waals surface area contributed by atoms with Crippen LogP contribution in [0.4, 0.5) is 29.8 Å². The van der Waals surface area contributed by atoms with Crippen LogP contribution in [0.1, 0.15) is 22.8 Å². The maximum Gasteiger partial charge on any atom is 0.433 e. The van der Waals surface area contributed by atoms with Gasteiger partial charge in [-0.05, 0) is 30.7 Å². The minimum atomic E-state index is -4.66. The molecular weight excluding hydrogens is 445 g/mol. The standard InChI is InChI=1S/C19H15F3N8O3/c1-10-16(11(2)32-28-10)12-3-4-13(24-7-12)8-30-9-15(33-29-30)26-18(31)27-17-23-6-5-14(25-17)19(20,21)22/h3-7,9H,8H2,1-2H3,(H-,23,25,26,27,29,31)/p+1. The zero-order chi connectivity index (χ0) is 23.6. The summed E-state index contributed by atoms with van der Waals surface area (Å²) in [5, 5.41) is 12.1. The fourth-order valence-electron chi connectivity index (χ4n) is 2.96. The van der Waals surface area contributed by atoms with Gasteiger partial charge in [0.15, 0.2) is 0 Å². The molecule has 0 fully saturated rings. The number of urea groups is 1. The van der Waals surface area contributed by atoms with Crippen LogP contribution in [0.25, 0.3) is 11.1 Å². The van der Waals surface area contributed by atoms with E-state index in [0.717, 1.165) is 23.0 Å². The van der Waals surface area contributed by atoms with Crippen LogP contribution in [0.3, 0.4) is 0 Å². The summed E-state index contributed by atoms with van der Waals surface area (Å²) in [5.41, 5.74) is 1.98. The molecule has 0 saturated heterocycles. The zero-order valence-corrected chi connectivity index (χ0v) is 17.2. The maximum atomic E-state index is 12.7. The minimum absolute atomic E-state index is 0.0492. The van der Waals surface area contributed by atoms with Crippen molar-refractivity contribution in [2.75, 3.05) is 10.6 Å². The van der Waals surface area contributed by atoms with Crippen molar-refractivity contribution in [2.45, 2.75) is 26.6 Å². The molecule has 0 aliphatic heterocycles. The van der Waals surface area contributed by atoms with Crippen LogP contribution in [0.15, 0.2) is 45.8 Å². The van der Waals surface area contributed by atoms with Crippen LogP contribution in [0.5, 0.6) is 0 Å². The highest BCUT2D eigenvalue weighted by Crippen LogP contribution is 2.28. The van der Waals surface area contributed by atoms with E-state index in [4.69, 9.17) is 9.05 Å². The van der Waals surface area contributed by atoms with Gasteiger partial charge in [0.25, 0.3) is 6.20 Å². The van der Waals surface area contributed by atoms with Gasteiger partial charge in [0.1, 0.15) is 17.1 Å². The number of hydrogen-bond acceptors (Lipinski definition) is 8. The van der Waals surface area contributed by atoms with E-state index in [1.807, 2.05) is 19.9 Å². The molecule has 4 aromatic rings. The first-order chi connectivity index (χ1) is 15.7. The van der Waals surface area contributed by atoms with Crippen LogP contribution < -0.4 is 15.3 Å². The fraction of sp³-hybridized carbons (Fsp3) is 0.211. The number of aryl methyl sites for hydroxylation is 2. The van der Waals surface area contributed by atoms with Crippen LogP contribution in [0, 0.1) is 13.8 Å². The molecule has 4 rings (SSSR count). The van der Waals surface area contributed by atoms with Crippen molar-refractivity contribution in [1.29, 1.82) is 0 Å². The molecule has 170 valence electrons. The van der Waals surface area contributed by atoms with Gasteiger partial charge in [0, 0.05) is 23.5 Å². The Bertz CT molecular complexity index is 1260. The van der Waals surface area contributed by atoms with Crippen molar-refractivity contribution in [2.24, 2.45) is 0 Å². The number of alkyl halides is 3. The van der Waals surface area contributed by atoms with Gasteiger partial charge in [-0.2, -0.15) is 13.2 Å². The summed E-state index contributed by atoms with van der Waals surface area (Å²) in [6.07, 6.45) is -0.704. The maximum absolute atomic E-state index is 12.7. The summed E-state index contributed by atoms with van der Waals surface area (Å²) in [5.74, 6) is 0.126. The number of carbonyl (C=O) groups is 1.